The van der Waals surface area contributed by atoms with Crippen LogP contribution in [0.4, 0.5) is 10.8 Å². The van der Waals surface area contributed by atoms with Crippen LogP contribution in [0.5, 0.6) is 0 Å². The standard InChI is InChI=1S/C14H17N5OS/c15-13-12(9-2-1-6-16-8-9)14(21-19-13)17-7-5-11(20)18-10-3-4-10/h1-2,6,8,10,17H,3-5,7H2,(H2,15,19)(H,18,20). The minimum atomic E-state index is 0.0883. The SMILES string of the molecule is Nc1nsc(NCCC(=O)NC2CC2)c1-c1cccnc1. The molecule has 1 amide bonds. The molecule has 0 radical (unpaired) electrons. The number of amides is 1. The molecule has 3 rings (SSSR count). The zero-order valence-corrected chi connectivity index (χ0v) is 12.3. The number of rotatable bonds is 6. The molecule has 1 fully saturated rings. The highest BCUT2D eigenvalue weighted by Crippen LogP contribution is 2.36. The molecule has 6 nitrogen and oxygen atoms in total. The highest BCUT2D eigenvalue weighted by molar-refractivity contribution is 7.11. The molecule has 0 unspecified atom stereocenters. The van der Waals surface area contributed by atoms with Gasteiger partial charge in [-0.25, -0.2) is 0 Å². The summed E-state index contributed by atoms with van der Waals surface area (Å²) in [6, 6.07) is 4.21. The Morgan fingerprint density at radius 2 is 2.33 bits per heavy atom. The summed E-state index contributed by atoms with van der Waals surface area (Å²) in [5, 5.41) is 7.09. The van der Waals surface area contributed by atoms with Crippen LogP contribution in [-0.2, 0) is 4.79 Å². The minimum Gasteiger partial charge on any atom is -0.382 e. The first-order valence-electron chi connectivity index (χ1n) is 6.93. The summed E-state index contributed by atoms with van der Waals surface area (Å²) >= 11 is 1.30. The predicted molar refractivity (Wildman–Crippen MR) is 84.0 cm³/mol. The summed E-state index contributed by atoms with van der Waals surface area (Å²) in [7, 11) is 0. The Labute approximate surface area is 126 Å². The predicted octanol–water partition coefficient (Wildman–Crippen LogP) is 1.87. The number of nitrogens with zero attached hydrogens (tertiary/aromatic N) is 2. The van der Waals surface area contributed by atoms with Crippen molar-refractivity contribution in [1.82, 2.24) is 14.7 Å². The largest absolute Gasteiger partial charge is 0.382 e. The normalized spacial score (nSPS) is 13.9. The smallest absolute Gasteiger partial charge is 0.221 e. The van der Waals surface area contributed by atoms with E-state index in [1.54, 1.807) is 12.4 Å². The molecular weight excluding hydrogens is 286 g/mol. The second-order valence-electron chi connectivity index (χ2n) is 5.03. The highest BCUT2D eigenvalue weighted by Gasteiger charge is 2.22. The van der Waals surface area contributed by atoms with Gasteiger partial charge in [0.25, 0.3) is 0 Å². The molecule has 0 aromatic carbocycles. The Morgan fingerprint density at radius 1 is 1.48 bits per heavy atom. The Kier molecular flexibility index (Phi) is 4.01. The fourth-order valence-corrected chi connectivity index (χ4v) is 2.79. The van der Waals surface area contributed by atoms with Gasteiger partial charge in [0.15, 0.2) is 0 Å². The molecule has 2 aromatic rings. The lowest BCUT2D eigenvalue weighted by molar-refractivity contribution is -0.120. The van der Waals surface area contributed by atoms with Crippen LogP contribution in [0.15, 0.2) is 24.5 Å². The van der Waals surface area contributed by atoms with Gasteiger partial charge in [-0.05, 0) is 30.4 Å². The zero-order chi connectivity index (χ0) is 14.7. The van der Waals surface area contributed by atoms with Crippen LogP contribution in [0.3, 0.4) is 0 Å². The van der Waals surface area contributed by atoms with Gasteiger partial charge in [-0.3, -0.25) is 9.78 Å². The number of nitrogens with one attached hydrogen (secondary N) is 2. The van der Waals surface area contributed by atoms with Gasteiger partial charge in [-0.1, -0.05) is 6.07 Å². The van der Waals surface area contributed by atoms with Gasteiger partial charge in [-0.2, -0.15) is 4.37 Å². The number of hydrogen-bond donors (Lipinski definition) is 3. The number of anilines is 2. The van der Waals surface area contributed by atoms with Gasteiger partial charge in [0, 0.05) is 37.0 Å². The summed E-state index contributed by atoms with van der Waals surface area (Å²) in [6.45, 7) is 0.563. The van der Waals surface area contributed by atoms with Crippen molar-refractivity contribution in [2.45, 2.75) is 25.3 Å². The van der Waals surface area contributed by atoms with E-state index in [-0.39, 0.29) is 5.91 Å². The van der Waals surface area contributed by atoms with Crippen molar-refractivity contribution < 1.29 is 4.79 Å². The number of hydrogen-bond acceptors (Lipinski definition) is 6. The quantitative estimate of drug-likeness (QED) is 0.757. The lowest BCUT2D eigenvalue weighted by Crippen LogP contribution is -2.27. The first-order valence-corrected chi connectivity index (χ1v) is 7.70. The maximum Gasteiger partial charge on any atom is 0.221 e. The van der Waals surface area contributed by atoms with E-state index < -0.39 is 0 Å². The van der Waals surface area contributed by atoms with Crippen LogP contribution in [0, 0.1) is 0 Å². The molecule has 0 bridgehead atoms. The van der Waals surface area contributed by atoms with Crippen LogP contribution in [0.1, 0.15) is 19.3 Å². The molecule has 1 saturated carbocycles. The van der Waals surface area contributed by atoms with Crippen molar-refractivity contribution in [1.29, 1.82) is 0 Å². The molecule has 2 heterocycles. The molecule has 110 valence electrons. The van der Waals surface area contributed by atoms with E-state index >= 15 is 0 Å². The molecule has 4 N–H and O–H groups in total. The second-order valence-corrected chi connectivity index (χ2v) is 5.81. The number of carbonyl (C=O) groups excluding carboxylic acids is 1. The number of carbonyl (C=O) groups is 1. The van der Waals surface area contributed by atoms with Crippen LogP contribution in [0.2, 0.25) is 0 Å². The molecular formula is C14H17N5OS. The fourth-order valence-electron chi connectivity index (χ4n) is 2.03. The van der Waals surface area contributed by atoms with E-state index in [0.717, 1.165) is 29.0 Å². The third-order valence-corrected chi connectivity index (χ3v) is 4.07. The Bertz CT molecular complexity index is 624. The molecule has 0 spiro atoms. The van der Waals surface area contributed by atoms with Gasteiger partial charge in [0.1, 0.15) is 10.8 Å². The van der Waals surface area contributed by atoms with E-state index in [0.29, 0.717) is 24.8 Å². The van der Waals surface area contributed by atoms with Gasteiger partial charge >= 0.3 is 0 Å². The molecule has 1 aliphatic rings. The van der Waals surface area contributed by atoms with E-state index in [1.165, 1.54) is 11.5 Å². The maximum atomic E-state index is 11.6. The number of aromatic nitrogens is 2. The molecule has 1 aliphatic carbocycles. The number of nitrogen functional groups attached to an aromatic ring is 1. The molecule has 0 saturated heterocycles. The molecule has 0 atom stereocenters. The van der Waals surface area contributed by atoms with E-state index in [9.17, 15) is 4.79 Å². The highest BCUT2D eigenvalue weighted by atomic mass is 32.1. The van der Waals surface area contributed by atoms with Crippen molar-refractivity contribution in [2.75, 3.05) is 17.6 Å². The van der Waals surface area contributed by atoms with E-state index in [2.05, 4.69) is 20.0 Å². The minimum absolute atomic E-state index is 0.0883. The summed E-state index contributed by atoms with van der Waals surface area (Å²) in [5.74, 6) is 0.573. The number of nitrogens with two attached hydrogens (primary N) is 1. The first-order chi connectivity index (χ1) is 10.2. The van der Waals surface area contributed by atoms with Crippen molar-refractivity contribution in [2.24, 2.45) is 0 Å². The monoisotopic (exact) mass is 303 g/mol. The molecule has 0 aliphatic heterocycles. The average Bonchev–Trinajstić information content (AvgIpc) is 3.22. The van der Waals surface area contributed by atoms with Crippen molar-refractivity contribution >= 4 is 28.3 Å². The molecule has 7 heteroatoms. The average molecular weight is 303 g/mol. The summed E-state index contributed by atoms with van der Waals surface area (Å²) < 4.78 is 4.18. The topological polar surface area (TPSA) is 92.9 Å². The summed E-state index contributed by atoms with van der Waals surface area (Å²) in [5.41, 5.74) is 7.71. The third kappa shape index (κ3) is 3.49. The van der Waals surface area contributed by atoms with Crippen LogP contribution in [0.25, 0.3) is 11.1 Å². The van der Waals surface area contributed by atoms with Crippen molar-refractivity contribution in [3.63, 3.8) is 0 Å². The van der Waals surface area contributed by atoms with E-state index in [4.69, 9.17) is 5.73 Å². The first kappa shape index (κ1) is 13.8. The van der Waals surface area contributed by atoms with Crippen molar-refractivity contribution in [3.05, 3.63) is 24.5 Å². The summed E-state index contributed by atoms with van der Waals surface area (Å²) in [6.07, 6.45) is 6.13. The van der Waals surface area contributed by atoms with Gasteiger partial charge in [0.2, 0.25) is 5.91 Å². The third-order valence-electron chi connectivity index (χ3n) is 3.25. The maximum absolute atomic E-state index is 11.6. The van der Waals surface area contributed by atoms with Crippen molar-refractivity contribution in [3.8, 4) is 11.1 Å². The Balaban J connectivity index is 1.62. The van der Waals surface area contributed by atoms with Crippen LogP contribution >= 0.6 is 11.5 Å². The van der Waals surface area contributed by atoms with Crippen LogP contribution < -0.4 is 16.4 Å². The lowest BCUT2D eigenvalue weighted by Gasteiger charge is -2.07. The summed E-state index contributed by atoms with van der Waals surface area (Å²) in [4.78, 5) is 15.7. The van der Waals surface area contributed by atoms with E-state index in [1.807, 2.05) is 12.1 Å². The second kappa shape index (κ2) is 6.09. The van der Waals surface area contributed by atoms with Gasteiger partial charge < -0.3 is 16.4 Å². The Morgan fingerprint density at radius 3 is 3.05 bits per heavy atom. The van der Waals surface area contributed by atoms with Gasteiger partial charge in [0.05, 0.1) is 5.56 Å². The van der Waals surface area contributed by atoms with Crippen LogP contribution in [-0.4, -0.2) is 27.9 Å². The lowest BCUT2D eigenvalue weighted by atomic mass is 10.1. The zero-order valence-electron chi connectivity index (χ0n) is 11.5. The molecule has 21 heavy (non-hydrogen) atoms. The van der Waals surface area contributed by atoms with Gasteiger partial charge in [-0.15, -0.1) is 0 Å². The number of pyridine rings is 1. The Hall–Kier alpha value is -2.15. The fraction of sp³-hybridized carbons (Fsp3) is 0.357. The molecule has 2 aromatic heterocycles.